The Morgan fingerprint density at radius 2 is 1.03 bits per heavy atom. The molecule has 0 bridgehead atoms. The Morgan fingerprint density at radius 1 is 0.389 bits per heavy atom. The van der Waals surface area contributed by atoms with Crippen LogP contribution in [0.4, 0.5) is 0 Å². The lowest BCUT2D eigenvalue weighted by Gasteiger charge is -2.19. The van der Waals surface area contributed by atoms with Gasteiger partial charge in [-0.15, -0.1) is 0 Å². The molecule has 0 aliphatic rings. The minimum atomic E-state index is 1.03. The molecule has 0 amide bonds. The molecule has 168 valence electrons. The number of aromatic nitrogens is 1. The minimum absolute atomic E-state index is 1.03. The SMILES string of the molecule is c1ccc(-c2c3ccccc3c(-c3ccccc3-c3ccc4ccccc4c3)c3cccnc23)cc1. The van der Waals surface area contributed by atoms with Gasteiger partial charge in [0, 0.05) is 17.1 Å². The first-order chi connectivity index (χ1) is 17.9. The molecule has 0 radical (unpaired) electrons. The van der Waals surface area contributed by atoms with Gasteiger partial charge >= 0.3 is 0 Å². The first-order valence-corrected chi connectivity index (χ1v) is 12.3. The fourth-order valence-corrected chi connectivity index (χ4v) is 5.49. The zero-order valence-electron chi connectivity index (χ0n) is 19.7. The minimum Gasteiger partial charge on any atom is -0.256 e. The third kappa shape index (κ3) is 3.29. The van der Waals surface area contributed by atoms with Crippen LogP contribution in [0.1, 0.15) is 0 Å². The number of hydrogen-bond acceptors (Lipinski definition) is 1. The molecule has 0 fully saturated rings. The molecule has 7 aromatic rings. The highest BCUT2D eigenvalue weighted by Gasteiger charge is 2.19. The van der Waals surface area contributed by atoms with E-state index < -0.39 is 0 Å². The van der Waals surface area contributed by atoms with E-state index in [1.165, 1.54) is 60.3 Å². The fraction of sp³-hybridized carbons (Fsp3) is 0. The van der Waals surface area contributed by atoms with Gasteiger partial charge in [-0.25, -0.2) is 0 Å². The Balaban J connectivity index is 1.59. The highest BCUT2D eigenvalue weighted by molar-refractivity contribution is 6.21. The molecule has 1 nitrogen and oxygen atoms in total. The van der Waals surface area contributed by atoms with Crippen molar-refractivity contribution < 1.29 is 0 Å². The van der Waals surface area contributed by atoms with E-state index >= 15 is 0 Å². The van der Waals surface area contributed by atoms with E-state index in [-0.39, 0.29) is 0 Å². The predicted molar refractivity (Wildman–Crippen MR) is 153 cm³/mol. The van der Waals surface area contributed by atoms with Crippen LogP contribution in [0.15, 0.2) is 140 Å². The van der Waals surface area contributed by atoms with Gasteiger partial charge in [0.2, 0.25) is 0 Å². The summed E-state index contributed by atoms with van der Waals surface area (Å²) in [6.45, 7) is 0. The van der Waals surface area contributed by atoms with Crippen molar-refractivity contribution in [2.24, 2.45) is 0 Å². The van der Waals surface area contributed by atoms with Crippen LogP contribution in [-0.4, -0.2) is 4.98 Å². The molecule has 0 unspecified atom stereocenters. The van der Waals surface area contributed by atoms with Gasteiger partial charge in [-0.2, -0.15) is 0 Å². The van der Waals surface area contributed by atoms with E-state index in [9.17, 15) is 0 Å². The zero-order chi connectivity index (χ0) is 23.9. The Bertz CT molecular complexity index is 1830. The number of pyridine rings is 1. The van der Waals surface area contributed by atoms with E-state index in [1.54, 1.807) is 0 Å². The van der Waals surface area contributed by atoms with Crippen molar-refractivity contribution in [3.8, 4) is 33.4 Å². The summed E-state index contributed by atoms with van der Waals surface area (Å²) in [5.74, 6) is 0. The Hall–Kier alpha value is -4.75. The summed E-state index contributed by atoms with van der Waals surface area (Å²) < 4.78 is 0. The van der Waals surface area contributed by atoms with Gasteiger partial charge in [-0.3, -0.25) is 4.98 Å². The lowest BCUT2D eigenvalue weighted by atomic mass is 9.85. The summed E-state index contributed by atoms with van der Waals surface area (Å²) >= 11 is 0. The Labute approximate surface area is 210 Å². The summed E-state index contributed by atoms with van der Waals surface area (Å²) in [4.78, 5) is 4.94. The summed E-state index contributed by atoms with van der Waals surface area (Å²) in [6, 6.07) is 47.7. The largest absolute Gasteiger partial charge is 0.256 e. The smallest absolute Gasteiger partial charge is 0.0792 e. The van der Waals surface area contributed by atoms with Gasteiger partial charge in [0.1, 0.15) is 0 Å². The summed E-state index contributed by atoms with van der Waals surface area (Å²) in [6.07, 6.45) is 1.91. The molecule has 1 aromatic heterocycles. The highest BCUT2D eigenvalue weighted by Crippen LogP contribution is 2.45. The van der Waals surface area contributed by atoms with Crippen molar-refractivity contribution in [1.82, 2.24) is 4.98 Å². The van der Waals surface area contributed by atoms with Gasteiger partial charge in [-0.1, -0.05) is 121 Å². The van der Waals surface area contributed by atoms with Crippen LogP contribution in [-0.2, 0) is 0 Å². The van der Waals surface area contributed by atoms with Crippen molar-refractivity contribution in [2.45, 2.75) is 0 Å². The van der Waals surface area contributed by atoms with Crippen molar-refractivity contribution >= 4 is 32.4 Å². The van der Waals surface area contributed by atoms with Crippen molar-refractivity contribution in [3.05, 3.63) is 140 Å². The zero-order valence-corrected chi connectivity index (χ0v) is 19.7. The second-order valence-corrected chi connectivity index (χ2v) is 9.17. The lowest BCUT2D eigenvalue weighted by Crippen LogP contribution is -1.94. The lowest BCUT2D eigenvalue weighted by molar-refractivity contribution is 1.42. The molecule has 0 atom stereocenters. The predicted octanol–water partition coefficient (Wildman–Crippen LogP) is 9.54. The maximum absolute atomic E-state index is 4.94. The normalized spacial score (nSPS) is 11.3. The molecule has 0 saturated heterocycles. The van der Waals surface area contributed by atoms with Crippen molar-refractivity contribution in [2.75, 3.05) is 0 Å². The quantitative estimate of drug-likeness (QED) is 0.241. The number of nitrogens with zero attached hydrogens (tertiary/aromatic N) is 1. The first-order valence-electron chi connectivity index (χ1n) is 12.3. The second-order valence-electron chi connectivity index (χ2n) is 9.17. The number of rotatable bonds is 3. The fourth-order valence-electron chi connectivity index (χ4n) is 5.49. The molecule has 6 aromatic carbocycles. The van der Waals surface area contributed by atoms with E-state index in [0.29, 0.717) is 0 Å². The molecule has 0 saturated carbocycles. The Morgan fingerprint density at radius 3 is 1.86 bits per heavy atom. The van der Waals surface area contributed by atoms with Crippen LogP contribution in [0.25, 0.3) is 65.8 Å². The molecule has 0 aliphatic heterocycles. The molecule has 0 aliphatic carbocycles. The first kappa shape index (κ1) is 20.6. The van der Waals surface area contributed by atoms with Crippen LogP contribution < -0.4 is 0 Å². The van der Waals surface area contributed by atoms with Crippen LogP contribution in [0, 0.1) is 0 Å². The highest BCUT2D eigenvalue weighted by atomic mass is 14.7. The van der Waals surface area contributed by atoms with Gasteiger partial charge in [-0.05, 0) is 61.5 Å². The standard InChI is InChI=1S/C35H23N/c1-2-12-25(13-3-1)33-30-17-8-9-18-31(30)34(32-19-10-22-36-35(32)33)29-16-7-6-15-28(29)27-21-20-24-11-4-5-14-26(24)23-27/h1-23H. The molecular weight excluding hydrogens is 434 g/mol. The second kappa shape index (κ2) is 8.48. The van der Waals surface area contributed by atoms with E-state index in [0.717, 1.165) is 5.52 Å². The monoisotopic (exact) mass is 457 g/mol. The van der Waals surface area contributed by atoms with Crippen molar-refractivity contribution in [3.63, 3.8) is 0 Å². The maximum atomic E-state index is 4.94. The summed E-state index contributed by atoms with van der Waals surface area (Å²) in [7, 11) is 0. The van der Waals surface area contributed by atoms with E-state index in [1.807, 2.05) is 12.3 Å². The average molecular weight is 458 g/mol. The Kier molecular flexibility index (Phi) is 4.85. The topological polar surface area (TPSA) is 12.9 Å². The van der Waals surface area contributed by atoms with Crippen LogP contribution in [0.2, 0.25) is 0 Å². The molecule has 1 heteroatoms. The van der Waals surface area contributed by atoms with Gasteiger partial charge < -0.3 is 0 Å². The third-order valence-electron chi connectivity index (χ3n) is 7.10. The summed E-state index contributed by atoms with van der Waals surface area (Å²) in [5, 5.41) is 6.14. The number of benzene rings is 6. The third-order valence-corrected chi connectivity index (χ3v) is 7.10. The molecule has 1 heterocycles. The van der Waals surface area contributed by atoms with Gasteiger partial charge in [0.05, 0.1) is 5.52 Å². The number of hydrogen-bond donors (Lipinski definition) is 0. The molecule has 0 spiro atoms. The number of fused-ring (bicyclic) bond motifs is 3. The van der Waals surface area contributed by atoms with Crippen molar-refractivity contribution in [1.29, 1.82) is 0 Å². The van der Waals surface area contributed by atoms with Crippen LogP contribution in [0.5, 0.6) is 0 Å². The van der Waals surface area contributed by atoms with Gasteiger partial charge in [0.25, 0.3) is 0 Å². The summed E-state index contributed by atoms with van der Waals surface area (Å²) in [5.41, 5.74) is 8.31. The molecule has 7 rings (SSSR count). The van der Waals surface area contributed by atoms with Crippen LogP contribution >= 0.6 is 0 Å². The van der Waals surface area contributed by atoms with E-state index in [2.05, 4.69) is 127 Å². The molecular formula is C35H23N. The molecule has 36 heavy (non-hydrogen) atoms. The van der Waals surface area contributed by atoms with Crippen LogP contribution in [0.3, 0.4) is 0 Å². The molecule has 0 N–H and O–H groups in total. The van der Waals surface area contributed by atoms with E-state index in [4.69, 9.17) is 4.98 Å². The van der Waals surface area contributed by atoms with Gasteiger partial charge in [0.15, 0.2) is 0 Å². The average Bonchev–Trinajstić information content (AvgIpc) is 2.96. The maximum Gasteiger partial charge on any atom is 0.0792 e.